The topological polar surface area (TPSA) is 42.0 Å². The Morgan fingerprint density at radius 2 is 2.05 bits per heavy atom. The number of rotatable bonds is 3. The summed E-state index contributed by atoms with van der Waals surface area (Å²) < 4.78 is 0. The average Bonchev–Trinajstić information content (AvgIpc) is 3.01. The first kappa shape index (κ1) is 12.8. The van der Waals surface area contributed by atoms with Crippen LogP contribution in [0.15, 0.2) is 54.0 Å². The zero-order valence-corrected chi connectivity index (χ0v) is 11.9. The van der Waals surface area contributed by atoms with Crippen LogP contribution < -0.4 is 5.32 Å². The van der Waals surface area contributed by atoms with Crippen LogP contribution in [-0.4, -0.2) is 10.9 Å². The molecule has 2 heterocycles. The summed E-state index contributed by atoms with van der Waals surface area (Å²) in [5.74, 6) is -0.0878. The van der Waals surface area contributed by atoms with Gasteiger partial charge in [-0.1, -0.05) is 24.3 Å². The third-order valence-corrected chi connectivity index (χ3v) is 4.25. The fraction of sp³-hybridized carbons (Fsp3) is 0.125. The molecule has 1 amide bonds. The molecule has 0 aliphatic carbocycles. The smallest absolute Gasteiger partial charge is 0.253 e. The number of hydrogen-bond donors (Lipinski definition) is 1. The molecule has 0 saturated carbocycles. The van der Waals surface area contributed by atoms with Crippen LogP contribution in [0.4, 0.5) is 0 Å². The number of carbonyl (C=O) groups excluding carboxylic acids is 1. The Balaban J connectivity index is 1.89. The van der Waals surface area contributed by atoms with E-state index in [-0.39, 0.29) is 11.9 Å². The standard InChI is InChI=1S/C16H14N2OS/c1-11(14-8-4-10-20-14)18-16(19)13-7-2-5-12-6-3-9-17-15(12)13/h2-11H,1H3,(H,18,19). The number of aromatic nitrogens is 1. The molecule has 20 heavy (non-hydrogen) atoms. The van der Waals surface area contributed by atoms with Crippen molar-refractivity contribution in [2.24, 2.45) is 0 Å². The molecule has 3 nitrogen and oxygen atoms in total. The van der Waals surface area contributed by atoms with Crippen LogP contribution in [0.5, 0.6) is 0 Å². The Hall–Kier alpha value is -2.20. The van der Waals surface area contributed by atoms with Gasteiger partial charge >= 0.3 is 0 Å². The average molecular weight is 282 g/mol. The lowest BCUT2D eigenvalue weighted by atomic mass is 10.1. The molecule has 3 rings (SSSR count). The highest BCUT2D eigenvalue weighted by molar-refractivity contribution is 7.10. The summed E-state index contributed by atoms with van der Waals surface area (Å²) in [6, 6.07) is 13.5. The predicted octanol–water partition coefficient (Wildman–Crippen LogP) is 3.79. The van der Waals surface area contributed by atoms with Crippen molar-refractivity contribution in [3.05, 3.63) is 64.5 Å². The molecule has 3 aromatic rings. The van der Waals surface area contributed by atoms with Crippen molar-refractivity contribution in [2.45, 2.75) is 13.0 Å². The van der Waals surface area contributed by atoms with E-state index in [4.69, 9.17) is 0 Å². The van der Waals surface area contributed by atoms with Crippen molar-refractivity contribution >= 4 is 28.1 Å². The van der Waals surface area contributed by atoms with E-state index in [1.165, 1.54) is 0 Å². The number of fused-ring (bicyclic) bond motifs is 1. The van der Waals surface area contributed by atoms with Gasteiger partial charge in [-0.15, -0.1) is 11.3 Å². The number of hydrogen-bond acceptors (Lipinski definition) is 3. The largest absolute Gasteiger partial charge is 0.345 e. The van der Waals surface area contributed by atoms with E-state index in [1.54, 1.807) is 17.5 Å². The first-order chi connectivity index (χ1) is 9.75. The summed E-state index contributed by atoms with van der Waals surface area (Å²) in [7, 11) is 0. The number of nitrogens with one attached hydrogen (secondary N) is 1. The van der Waals surface area contributed by atoms with Crippen LogP contribution in [-0.2, 0) is 0 Å². The maximum Gasteiger partial charge on any atom is 0.253 e. The van der Waals surface area contributed by atoms with E-state index in [0.717, 1.165) is 15.8 Å². The second-order valence-corrected chi connectivity index (χ2v) is 5.57. The van der Waals surface area contributed by atoms with Crippen LogP contribution in [0.2, 0.25) is 0 Å². The Bertz CT molecular complexity index is 732. The number of nitrogens with zero attached hydrogens (tertiary/aromatic N) is 1. The van der Waals surface area contributed by atoms with E-state index in [1.807, 2.05) is 54.8 Å². The molecule has 0 aliphatic rings. The lowest BCUT2D eigenvalue weighted by Crippen LogP contribution is -2.26. The third-order valence-electron chi connectivity index (χ3n) is 3.19. The van der Waals surface area contributed by atoms with Crippen molar-refractivity contribution in [2.75, 3.05) is 0 Å². The Labute approximate surface area is 121 Å². The number of benzene rings is 1. The maximum absolute atomic E-state index is 12.4. The predicted molar refractivity (Wildman–Crippen MR) is 81.9 cm³/mol. The van der Waals surface area contributed by atoms with Gasteiger partial charge in [0.05, 0.1) is 17.1 Å². The highest BCUT2D eigenvalue weighted by atomic mass is 32.1. The fourth-order valence-corrected chi connectivity index (χ4v) is 2.91. The summed E-state index contributed by atoms with van der Waals surface area (Å²) in [6.45, 7) is 1.99. The minimum absolute atomic E-state index is 0.00136. The molecule has 0 bridgehead atoms. The fourth-order valence-electron chi connectivity index (χ4n) is 2.17. The summed E-state index contributed by atoms with van der Waals surface area (Å²) in [5.41, 5.74) is 1.36. The molecule has 2 aromatic heterocycles. The molecule has 1 atom stereocenters. The molecule has 1 aromatic carbocycles. The van der Waals surface area contributed by atoms with Crippen LogP contribution >= 0.6 is 11.3 Å². The lowest BCUT2D eigenvalue weighted by molar-refractivity contribution is 0.0942. The van der Waals surface area contributed by atoms with Gasteiger partial charge in [0.1, 0.15) is 0 Å². The minimum atomic E-state index is -0.0878. The van der Waals surface area contributed by atoms with Gasteiger partial charge in [-0.3, -0.25) is 9.78 Å². The Morgan fingerprint density at radius 3 is 2.85 bits per heavy atom. The molecule has 0 aliphatic heterocycles. The molecule has 0 radical (unpaired) electrons. The van der Waals surface area contributed by atoms with Crippen LogP contribution in [0.25, 0.3) is 10.9 Å². The summed E-state index contributed by atoms with van der Waals surface area (Å²) in [6.07, 6.45) is 1.71. The minimum Gasteiger partial charge on any atom is -0.345 e. The number of thiophene rings is 1. The highest BCUT2D eigenvalue weighted by Crippen LogP contribution is 2.20. The quantitative estimate of drug-likeness (QED) is 0.794. The SMILES string of the molecule is CC(NC(=O)c1cccc2cccnc12)c1cccs1. The molecule has 100 valence electrons. The monoisotopic (exact) mass is 282 g/mol. The van der Waals surface area contributed by atoms with E-state index in [0.29, 0.717) is 5.56 Å². The van der Waals surface area contributed by atoms with Crippen LogP contribution in [0.1, 0.15) is 28.2 Å². The molecule has 1 N–H and O–H groups in total. The number of pyridine rings is 1. The number of para-hydroxylation sites is 1. The first-order valence-electron chi connectivity index (χ1n) is 6.44. The van der Waals surface area contributed by atoms with Crippen molar-refractivity contribution in [3.8, 4) is 0 Å². The van der Waals surface area contributed by atoms with Gasteiger partial charge in [-0.05, 0) is 30.5 Å². The van der Waals surface area contributed by atoms with Gasteiger partial charge in [0.25, 0.3) is 5.91 Å². The van der Waals surface area contributed by atoms with Gasteiger partial charge in [0.15, 0.2) is 0 Å². The van der Waals surface area contributed by atoms with Crippen molar-refractivity contribution < 1.29 is 4.79 Å². The van der Waals surface area contributed by atoms with Gasteiger partial charge in [0, 0.05) is 16.5 Å². The number of carbonyl (C=O) groups is 1. The van der Waals surface area contributed by atoms with Crippen molar-refractivity contribution in [1.29, 1.82) is 0 Å². The van der Waals surface area contributed by atoms with Crippen LogP contribution in [0.3, 0.4) is 0 Å². The maximum atomic E-state index is 12.4. The normalized spacial score (nSPS) is 12.2. The summed E-state index contributed by atoms with van der Waals surface area (Å²) in [4.78, 5) is 17.9. The first-order valence-corrected chi connectivity index (χ1v) is 7.31. The second-order valence-electron chi connectivity index (χ2n) is 4.59. The second kappa shape index (κ2) is 5.43. The zero-order chi connectivity index (χ0) is 13.9. The number of amides is 1. The molecule has 0 saturated heterocycles. The molecule has 0 fully saturated rings. The zero-order valence-electron chi connectivity index (χ0n) is 11.0. The van der Waals surface area contributed by atoms with Gasteiger partial charge < -0.3 is 5.32 Å². The molecule has 1 unspecified atom stereocenters. The molecule has 4 heteroatoms. The summed E-state index contributed by atoms with van der Waals surface area (Å²) in [5, 5.41) is 6.01. The van der Waals surface area contributed by atoms with Crippen molar-refractivity contribution in [1.82, 2.24) is 10.3 Å². The van der Waals surface area contributed by atoms with E-state index < -0.39 is 0 Å². The molecular formula is C16H14N2OS. The highest BCUT2D eigenvalue weighted by Gasteiger charge is 2.14. The Morgan fingerprint density at radius 1 is 1.20 bits per heavy atom. The van der Waals surface area contributed by atoms with Crippen molar-refractivity contribution in [3.63, 3.8) is 0 Å². The lowest BCUT2D eigenvalue weighted by Gasteiger charge is -2.13. The van der Waals surface area contributed by atoms with E-state index in [9.17, 15) is 4.79 Å². The van der Waals surface area contributed by atoms with Gasteiger partial charge in [-0.2, -0.15) is 0 Å². The summed E-state index contributed by atoms with van der Waals surface area (Å²) >= 11 is 1.64. The third kappa shape index (κ3) is 2.42. The van der Waals surface area contributed by atoms with Crippen LogP contribution in [0, 0.1) is 0 Å². The van der Waals surface area contributed by atoms with E-state index >= 15 is 0 Å². The molecule has 0 spiro atoms. The molecular weight excluding hydrogens is 268 g/mol. The van der Waals surface area contributed by atoms with Gasteiger partial charge in [-0.25, -0.2) is 0 Å². The Kier molecular flexibility index (Phi) is 3.48. The van der Waals surface area contributed by atoms with Gasteiger partial charge in [0.2, 0.25) is 0 Å². The van der Waals surface area contributed by atoms with E-state index in [2.05, 4.69) is 10.3 Å².